The minimum absolute atomic E-state index is 0.0480. The number of phenols is 1. The molecule has 0 radical (unpaired) electrons. The Hall–Kier alpha value is -3.13. The summed E-state index contributed by atoms with van der Waals surface area (Å²) in [4.78, 5) is 17.9. The van der Waals surface area contributed by atoms with Gasteiger partial charge in [0.15, 0.2) is 11.5 Å². The van der Waals surface area contributed by atoms with Gasteiger partial charge in [-0.1, -0.05) is 29.3 Å². The minimum atomic E-state index is -0.147. The van der Waals surface area contributed by atoms with Crippen LogP contribution in [0, 0.1) is 5.92 Å². The number of Topliss-reactive ketones (excluding diaryl/α,β-unsaturated/α-hetero) is 1. The van der Waals surface area contributed by atoms with Gasteiger partial charge in [-0.05, 0) is 73.9 Å². The number of ketones is 1. The maximum atomic E-state index is 13.3. The van der Waals surface area contributed by atoms with Gasteiger partial charge in [0.05, 0.1) is 44.7 Å². The van der Waals surface area contributed by atoms with Crippen molar-refractivity contribution >= 4 is 51.3 Å². The largest absolute Gasteiger partial charge is 0.505 e. The molecule has 2 aliphatic rings. The number of halogens is 2. The van der Waals surface area contributed by atoms with Gasteiger partial charge in [-0.3, -0.25) is 14.5 Å². The number of aromatic hydroxyl groups is 1. The summed E-state index contributed by atoms with van der Waals surface area (Å²) in [6, 6.07) is 9.74. The second kappa shape index (κ2) is 9.63. The molecule has 0 unspecified atom stereocenters. The average molecular weight is 536 g/mol. The van der Waals surface area contributed by atoms with Crippen molar-refractivity contribution in [2.24, 2.45) is 11.7 Å². The number of fused-ring (bicyclic) bond motifs is 1. The highest BCUT2D eigenvalue weighted by Gasteiger charge is 2.33. The van der Waals surface area contributed by atoms with Crippen LogP contribution in [-0.4, -0.2) is 31.7 Å². The van der Waals surface area contributed by atoms with E-state index in [4.69, 9.17) is 28.9 Å². The van der Waals surface area contributed by atoms with Gasteiger partial charge < -0.3 is 16.2 Å². The molecule has 2 saturated carbocycles. The molecule has 2 aromatic heterocycles. The fourth-order valence-electron chi connectivity index (χ4n) is 5.10. The molecule has 0 saturated heterocycles. The van der Waals surface area contributed by atoms with E-state index in [1.54, 1.807) is 24.5 Å². The lowest BCUT2D eigenvalue weighted by atomic mass is 9.92. The summed E-state index contributed by atoms with van der Waals surface area (Å²) in [7, 11) is 0. The number of benzene rings is 2. The van der Waals surface area contributed by atoms with Crippen molar-refractivity contribution in [2.45, 2.75) is 50.6 Å². The van der Waals surface area contributed by atoms with Gasteiger partial charge >= 0.3 is 0 Å². The molecule has 7 nitrogen and oxygen atoms in total. The van der Waals surface area contributed by atoms with Gasteiger partial charge in [0, 0.05) is 29.7 Å². The monoisotopic (exact) mass is 535 g/mol. The third-order valence-corrected chi connectivity index (χ3v) is 7.99. The topological polar surface area (TPSA) is 106 Å². The summed E-state index contributed by atoms with van der Waals surface area (Å²) in [6.45, 7) is 0. The first-order valence-corrected chi connectivity index (χ1v) is 13.3. The highest BCUT2D eigenvalue weighted by Crippen LogP contribution is 2.40. The second-order valence-electron chi connectivity index (χ2n) is 10.1. The van der Waals surface area contributed by atoms with E-state index in [0.717, 1.165) is 66.2 Å². The smallest absolute Gasteiger partial charge is 0.169 e. The van der Waals surface area contributed by atoms with Crippen molar-refractivity contribution in [1.29, 1.82) is 0 Å². The molecule has 9 heteroatoms. The van der Waals surface area contributed by atoms with Crippen molar-refractivity contribution in [3.8, 4) is 16.9 Å². The normalized spacial score (nSPS) is 19.8. The fraction of sp³-hybridized carbons (Fsp3) is 0.321. The number of hydrogen-bond donors (Lipinski definition) is 3. The zero-order valence-electron chi connectivity index (χ0n) is 20.1. The SMILES string of the molecule is N[C@H]1CC[C@H](n2cc(Nc3c(C(=O)C4CC4)cnc4ccc(-c5cc(Cl)c(O)c(Cl)c5)cc34)cn2)CC1. The summed E-state index contributed by atoms with van der Waals surface area (Å²) in [5.74, 6) is 0.00437. The Morgan fingerprint density at radius 2 is 1.73 bits per heavy atom. The van der Waals surface area contributed by atoms with Crippen molar-refractivity contribution < 1.29 is 9.90 Å². The molecule has 2 aromatic carbocycles. The molecule has 0 bridgehead atoms. The predicted octanol–water partition coefficient (Wildman–Crippen LogP) is 6.89. The molecule has 0 amide bonds. The summed E-state index contributed by atoms with van der Waals surface area (Å²) in [5, 5.41) is 19.3. The van der Waals surface area contributed by atoms with Crippen LogP contribution in [0.4, 0.5) is 11.4 Å². The Labute approximate surface area is 224 Å². The fourth-order valence-corrected chi connectivity index (χ4v) is 5.59. The van der Waals surface area contributed by atoms with E-state index < -0.39 is 0 Å². The lowest BCUT2D eigenvalue weighted by molar-refractivity contribution is 0.0968. The number of rotatable bonds is 6. The zero-order chi connectivity index (χ0) is 25.7. The van der Waals surface area contributed by atoms with E-state index >= 15 is 0 Å². The van der Waals surface area contributed by atoms with E-state index in [1.165, 1.54) is 0 Å². The summed E-state index contributed by atoms with van der Waals surface area (Å²) in [6.07, 6.45) is 11.3. The van der Waals surface area contributed by atoms with Gasteiger partial charge in [0.25, 0.3) is 0 Å². The van der Waals surface area contributed by atoms with Crippen LogP contribution in [0.15, 0.2) is 48.9 Å². The molecule has 190 valence electrons. The molecule has 37 heavy (non-hydrogen) atoms. The van der Waals surface area contributed by atoms with Crippen molar-refractivity contribution in [1.82, 2.24) is 14.8 Å². The van der Waals surface area contributed by atoms with Gasteiger partial charge in [-0.15, -0.1) is 0 Å². The Balaban J connectivity index is 1.42. The van der Waals surface area contributed by atoms with Crippen LogP contribution >= 0.6 is 23.2 Å². The van der Waals surface area contributed by atoms with Crippen LogP contribution in [0.5, 0.6) is 5.75 Å². The van der Waals surface area contributed by atoms with E-state index in [-0.39, 0.29) is 33.5 Å². The molecule has 0 aliphatic heterocycles. The van der Waals surface area contributed by atoms with Gasteiger partial charge in [0.1, 0.15) is 0 Å². The van der Waals surface area contributed by atoms with Crippen LogP contribution < -0.4 is 11.1 Å². The molecule has 4 aromatic rings. The first-order valence-electron chi connectivity index (χ1n) is 12.6. The van der Waals surface area contributed by atoms with Gasteiger partial charge in [-0.25, -0.2) is 0 Å². The van der Waals surface area contributed by atoms with Gasteiger partial charge in [0.2, 0.25) is 0 Å². The highest BCUT2D eigenvalue weighted by atomic mass is 35.5. The number of hydrogen-bond acceptors (Lipinski definition) is 6. The Bertz CT molecular complexity index is 1480. The molecule has 0 spiro atoms. The number of carbonyl (C=O) groups is 1. The molecular weight excluding hydrogens is 509 g/mol. The van der Waals surface area contributed by atoms with Crippen molar-refractivity contribution in [3.05, 3.63) is 64.5 Å². The predicted molar refractivity (Wildman–Crippen MR) is 147 cm³/mol. The highest BCUT2D eigenvalue weighted by molar-refractivity contribution is 6.37. The Kier molecular flexibility index (Phi) is 6.31. The lowest BCUT2D eigenvalue weighted by Crippen LogP contribution is -2.27. The number of nitrogens with zero attached hydrogens (tertiary/aromatic N) is 3. The Morgan fingerprint density at radius 1 is 1.00 bits per heavy atom. The average Bonchev–Trinajstić information content (AvgIpc) is 3.65. The standard InChI is InChI=1S/C28H27Cl2N5O2/c29-23-10-17(11-24(30)28(23)37)16-3-8-25-21(9-16)26(22(13-32-25)27(36)15-1-2-15)34-19-12-33-35(14-19)20-6-4-18(31)5-7-20/h3,8-15,18,20,37H,1-2,4-7,31H2,(H,32,34)/t18-,20-. The van der Waals surface area contributed by atoms with Gasteiger partial charge in [-0.2, -0.15) is 5.10 Å². The molecule has 2 heterocycles. The van der Waals surface area contributed by atoms with Crippen LogP contribution in [0.2, 0.25) is 10.0 Å². The maximum absolute atomic E-state index is 13.3. The van der Waals surface area contributed by atoms with Crippen LogP contribution in [0.25, 0.3) is 22.0 Å². The molecule has 2 aliphatic carbocycles. The van der Waals surface area contributed by atoms with Crippen LogP contribution in [-0.2, 0) is 0 Å². The molecule has 6 rings (SSSR count). The van der Waals surface area contributed by atoms with E-state index in [1.807, 2.05) is 29.1 Å². The summed E-state index contributed by atoms with van der Waals surface area (Å²) in [5.41, 5.74) is 10.5. The molecule has 0 atom stereocenters. The first-order chi connectivity index (χ1) is 17.9. The third-order valence-electron chi connectivity index (χ3n) is 7.42. The number of aromatic nitrogens is 3. The zero-order valence-corrected chi connectivity index (χ0v) is 21.6. The Morgan fingerprint density at radius 3 is 2.43 bits per heavy atom. The van der Waals surface area contributed by atoms with Crippen LogP contribution in [0.3, 0.4) is 0 Å². The van der Waals surface area contributed by atoms with E-state index in [9.17, 15) is 9.90 Å². The summed E-state index contributed by atoms with van der Waals surface area (Å²) >= 11 is 12.4. The van der Waals surface area contributed by atoms with Crippen molar-refractivity contribution in [3.63, 3.8) is 0 Å². The molecular formula is C28H27Cl2N5O2. The first kappa shape index (κ1) is 24.2. The minimum Gasteiger partial charge on any atom is -0.505 e. The van der Waals surface area contributed by atoms with E-state index in [0.29, 0.717) is 17.3 Å². The maximum Gasteiger partial charge on any atom is 0.169 e. The number of pyridine rings is 1. The number of nitrogens with one attached hydrogen (secondary N) is 1. The number of carbonyl (C=O) groups excluding carboxylic acids is 1. The second-order valence-corrected chi connectivity index (χ2v) is 10.9. The lowest BCUT2D eigenvalue weighted by Gasteiger charge is -2.26. The number of phenolic OH excluding ortho intramolecular Hbond substituents is 1. The van der Waals surface area contributed by atoms with Crippen LogP contribution in [0.1, 0.15) is 54.9 Å². The quantitative estimate of drug-likeness (QED) is 0.232. The number of anilines is 2. The third kappa shape index (κ3) is 4.79. The van der Waals surface area contributed by atoms with E-state index in [2.05, 4.69) is 15.4 Å². The molecule has 4 N–H and O–H groups in total. The number of nitrogens with two attached hydrogens (primary N) is 1. The van der Waals surface area contributed by atoms with Crippen molar-refractivity contribution in [2.75, 3.05) is 5.32 Å². The molecule has 2 fully saturated rings. The summed E-state index contributed by atoms with van der Waals surface area (Å²) < 4.78 is 2.01.